The lowest BCUT2D eigenvalue weighted by Crippen LogP contribution is -2.35. The molecular weight excluding hydrogens is 332 g/mol. The first-order chi connectivity index (χ1) is 12.5. The fraction of sp³-hybridized carbons (Fsp3) is 0.250. The molecule has 1 amide bonds. The van der Waals surface area contributed by atoms with Gasteiger partial charge in [-0.1, -0.05) is 30.3 Å². The molecule has 1 N–H and O–H groups in total. The van der Waals surface area contributed by atoms with Gasteiger partial charge in [-0.05, 0) is 36.8 Å². The lowest BCUT2D eigenvalue weighted by atomic mass is 10.0. The maximum Gasteiger partial charge on any atom is 0.249 e. The standard InChI is InChI=1S/C20H20N2O4/c1-14(26-13-15-6-4-3-5-7-15)19(23)18(12-21)20(24)22-16-8-10-17(25-2)11-9-16/h3-11,14,18H,13H2,1-2H3,(H,22,24). The van der Waals surface area contributed by atoms with Crippen molar-refractivity contribution < 1.29 is 19.1 Å². The summed E-state index contributed by atoms with van der Waals surface area (Å²) < 4.78 is 10.5. The second kappa shape index (κ2) is 9.35. The number of rotatable bonds is 8. The van der Waals surface area contributed by atoms with Crippen molar-refractivity contribution in [2.24, 2.45) is 5.92 Å². The zero-order valence-electron chi connectivity index (χ0n) is 14.6. The minimum absolute atomic E-state index is 0.228. The Morgan fingerprint density at radius 2 is 1.77 bits per heavy atom. The minimum atomic E-state index is -1.44. The molecule has 0 aliphatic heterocycles. The van der Waals surface area contributed by atoms with Gasteiger partial charge in [0, 0.05) is 5.69 Å². The van der Waals surface area contributed by atoms with Crippen molar-refractivity contribution in [1.82, 2.24) is 0 Å². The number of anilines is 1. The van der Waals surface area contributed by atoms with Gasteiger partial charge in [0.05, 0.1) is 19.8 Å². The first-order valence-electron chi connectivity index (χ1n) is 8.09. The molecule has 0 aliphatic carbocycles. The van der Waals surface area contributed by atoms with E-state index in [-0.39, 0.29) is 6.61 Å². The summed E-state index contributed by atoms with van der Waals surface area (Å²) in [6, 6.07) is 17.7. The van der Waals surface area contributed by atoms with E-state index in [0.717, 1.165) is 5.56 Å². The monoisotopic (exact) mass is 352 g/mol. The Morgan fingerprint density at radius 1 is 1.12 bits per heavy atom. The average molecular weight is 352 g/mol. The summed E-state index contributed by atoms with van der Waals surface area (Å²) in [5, 5.41) is 11.8. The molecule has 0 saturated heterocycles. The van der Waals surface area contributed by atoms with Gasteiger partial charge in [0.15, 0.2) is 11.7 Å². The number of hydrogen-bond acceptors (Lipinski definition) is 5. The maximum absolute atomic E-state index is 12.4. The Morgan fingerprint density at radius 3 is 2.35 bits per heavy atom. The molecule has 2 unspecified atom stereocenters. The molecule has 0 saturated carbocycles. The molecule has 6 nitrogen and oxygen atoms in total. The molecule has 0 spiro atoms. The molecule has 2 atom stereocenters. The van der Waals surface area contributed by atoms with E-state index < -0.39 is 23.7 Å². The molecule has 0 fully saturated rings. The van der Waals surface area contributed by atoms with Crippen molar-refractivity contribution in [3.05, 3.63) is 60.2 Å². The Bertz CT molecular complexity index is 782. The van der Waals surface area contributed by atoms with E-state index in [0.29, 0.717) is 11.4 Å². The summed E-state index contributed by atoms with van der Waals surface area (Å²) >= 11 is 0. The molecule has 2 aromatic carbocycles. The smallest absolute Gasteiger partial charge is 0.249 e. The highest BCUT2D eigenvalue weighted by Crippen LogP contribution is 2.16. The van der Waals surface area contributed by atoms with Crippen molar-refractivity contribution in [3.63, 3.8) is 0 Å². The highest BCUT2D eigenvalue weighted by atomic mass is 16.5. The number of benzene rings is 2. The topological polar surface area (TPSA) is 88.4 Å². The van der Waals surface area contributed by atoms with Crippen molar-refractivity contribution in [2.75, 3.05) is 12.4 Å². The number of Topliss-reactive ketones (excluding diaryl/α,β-unsaturated/α-hetero) is 1. The van der Waals surface area contributed by atoms with Crippen LogP contribution in [-0.4, -0.2) is 24.9 Å². The lowest BCUT2D eigenvalue weighted by molar-refractivity contribution is -0.137. The van der Waals surface area contributed by atoms with Gasteiger partial charge < -0.3 is 14.8 Å². The minimum Gasteiger partial charge on any atom is -0.497 e. The van der Waals surface area contributed by atoms with Crippen LogP contribution in [0.4, 0.5) is 5.69 Å². The molecule has 6 heteroatoms. The molecule has 2 aromatic rings. The van der Waals surface area contributed by atoms with E-state index in [1.165, 1.54) is 14.0 Å². The van der Waals surface area contributed by atoms with E-state index >= 15 is 0 Å². The molecule has 2 rings (SSSR count). The van der Waals surface area contributed by atoms with E-state index in [9.17, 15) is 14.9 Å². The third-order valence-electron chi connectivity index (χ3n) is 3.78. The Kier molecular flexibility index (Phi) is 6.89. The van der Waals surface area contributed by atoms with Gasteiger partial charge in [0.1, 0.15) is 11.9 Å². The van der Waals surface area contributed by atoms with Gasteiger partial charge in [0.25, 0.3) is 0 Å². The number of amides is 1. The molecule has 134 valence electrons. The van der Waals surface area contributed by atoms with Crippen LogP contribution in [0.25, 0.3) is 0 Å². The highest BCUT2D eigenvalue weighted by molar-refractivity contribution is 6.10. The number of ketones is 1. The van der Waals surface area contributed by atoms with Gasteiger partial charge >= 0.3 is 0 Å². The second-order valence-corrected chi connectivity index (χ2v) is 5.62. The van der Waals surface area contributed by atoms with Gasteiger partial charge in [-0.3, -0.25) is 9.59 Å². The van der Waals surface area contributed by atoms with Crippen LogP contribution in [0, 0.1) is 17.2 Å². The Labute approximate surface area is 152 Å². The number of hydrogen-bond donors (Lipinski definition) is 1. The number of ether oxygens (including phenoxy) is 2. The van der Waals surface area contributed by atoms with Crippen molar-refractivity contribution in [3.8, 4) is 11.8 Å². The predicted molar refractivity (Wildman–Crippen MR) is 96.4 cm³/mol. The molecule has 0 aliphatic rings. The summed E-state index contributed by atoms with van der Waals surface area (Å²) in [6.45, 7) is 1.77. The van der Waals surface area contributed by atoms with Crippen LogP contribution in [0.5, 0.6) is 5.75 Å². The largest absolute Gasteiger partial charge is 0.497 e. The van der Waals surface area contributed by atoms with Crippen LogP contribution in [-0.2, 0) is 20.9 Å². The molecule has 0 radical (unpaired) electrons. The van der Waals surface area contributed by atoms with Gasteiger partial charge in [0.2, 0.25) is 5.91 Å². The molecule has 0 bridgehead atoms. The summed E-state index contributed by atoms with van der Waals surface area (Å²) in [6.07, 6.45) is -0.874. The summed E-state index contributed by atoms with van der Waals surface area (Å²) in [7, 11) is 1.54. The Hall–Kier alpha value is -3.17. The van der Waals surface area contributed by atoms with E-state index in [1.807, 2.05) is 30.3 Å². The predicted octanol–water partition coefficient (Wildman–Crippen LogP) is 2.95. The third-order valence-corrected chi connectivity index (χ3v) is 3.78. The van der Waals surface area contributed by atoms with E-state index in [2.05, 4.69) is 5.32 Å². The zero-order chi connectivity index (χ0) is 18.9. The number of nitriles is 1. The van der Waals surface area contributed by atoms with E-state index in [4.69, 9.17) is 9.47 Å². The van der Waals surface area contributed by atoms with Crippen LogP contribution < -0.4 is 10.1 Å². The maximum atomic E-state index is 12.4. The molecule has 0 heterocycles. The molecule has 26 heavy (non-hydrogen) atoms. The molecule has 0 aromatic heterocycles. The van der Waals surface area contributed by atoms with Gasteiger partial charge in [-0.25, -0.2) is 0 Å². The summed E-state index contributed by atoms with van der Waals surface area (Å²) in [5.41, 5.74) is 1.38. The normalized spacial score (nSPS) is 12.5. The summed E-state index contributed by atoms with van der Waals surface area (Å²) in [4.78, 5) is 24.7. The fourth-order valence-corrected chi connectivity index (χ4v) is 2.25. The molecular formula is C20H20N2O4. The third kappa shape index (κ3) is 5.16. The summed E-state index contributed by atoms with van der Waals surface area (Å²) in [5.74, 6) is -2.06. The second-order valence-electron chi connectivity index (χ2n) is 5.62. The average Bonchev–Trinajstić information content (AvgIpc) is 2.68. The van der Waals surface area contributed by atoms with Crippen LogP contribution >= 0.6 is 0 Å². The van der Waals surface area contributed by atoms with Crippen molar-refractivity contribution in [1.29, 1.82) is 5.26 Å². The number of carbonyl (C=O) groups is 2. The number of nitrogens with one attached hydrogen (secondary N) is 1. The first-order valence-corrected chi connectivity index (χ1v) is 8.09. The van der Waals surface area contributed by atoms with Gasteiger partial charge in [-0.2, -0.15) is 5.26 Å². The lowest BCUT2D eigenvalue weighted by Gasteiger charge is -2.15. The van der Waals surface area contributed by atoms with Crippen LogP contribution in [0.2, 0.25) is 0 Å². The number of nitrogens with zero attached hydrogens (tertiary/aromatic N) is 1. The number of carbonyl (C=O) groups excluding carboxylic acids is 2. The van der Waals surface area contributed by atoms with Crippen molar-refractivity contribution in [2.45, 2.75) is 19.6 Å². The quantitative estimate of drug-likeness (QED) is 0.738. The highest BCUT2D eigenvalue weighted by Gasteiger charge is 2.31. The van der Waals surface area contributed by atoms with Crippen LogP contribution in [0.15, 0.2) is 54.6 Å². The number of methoxy groups -OCH3 is 1. The SMILES string of the molecule is COc1ccc(NC(=O)C(C#N)C(=O)C(C)OCc2ccccc2)cc1. The van der Waals surface area contributed by atoms with Gasteiger partial charge in [-0.15, -0.1) is 0 Å². The Balaban J connectivity index is 1.95. The first kappa shape index (κ1) is 19.2. The van der Waals surface area contributed by atoms with Crippen molar-refractivity contribution >= 4 is 17.4 Å². The van der Waals surface area contributed by atoms with Crippen LogP contribution in [0.1, 0.15) is 12.5 Å². The zero-order valence-corrected chi connectivity index (χ0v) is 14.6. The fourth-order valence-electron chi connectivity index (χ4n) is 2.25. The van der Waals surface area contributed by atoms with E-state index in [1.54, 1.807) is 30.3 Å². The van der Waals surface area contributed by atoms with Crippen LogP contribution in [0.3, 0.4) is 0 Å².